The Labute approximate surface area is 217 Å². The van der Waals surface area contributed by atoms with Crippen molar-refractivity contribution in [1.29, 1.82) is 0 Å². The summed E-state index contributed by atoms with van der Waals surface area (Å²) in [6.07, 6.45) is 0.816. The van der Waals surface area contributed by atoms with Gasteiger partial charge in [-0.15, -0.1) is 0 Å². The van der Waals surface area contributed by atoms with Crippen LogP contribution in [-0.4, -0.2) is 61.0 Å². The molecule has 1 saturated heterocycles. The zero-order chi connectivity index (χ0) is 26.2. The Morgan fingerprint density at radius 2 is 2.03 bits per heavy atom. The molecule has 3 heterocycles. The largest absolute Gasteiger partial charge is 0.491 e. The highest BCUT2D eigenvalue weighted by atomic mass is 35.5. The van der Waals surface area contributed by atoms with Gasteiger partial charge in [-0.05, 0) is 48.0 Å². The first kappa shape index (κ1) is 25.2. The monoisotopic (exact) mass is 544 g/mol. The summed E-state index contributed by atoms with van der Waals surface area (Å²) in [5.74, 6) is -0.947. The molecule has 192 valence electrons. The lowest BCUT2D eigenvalue weighted by Crippen LogP contribution is -2.47. The Morgan fingerprint density at radius 3 is 2.76 bits per heavy atom. The number of primary amides is 1. The van der Waals surface area contributed by atoms with E-state index in [4.69, 9.17) is 26.8 Å². The standard InChI is InChI=1S/C25H22ClFN4O5S/c26-16-5-8-21-20(12-16)23(22(30-21)25(28)32)37(33,34)31-10-11-35-18(13-31)14-36-17-6-3-15(4-7-17)19-2-1-9-29-24(19)27/h1-9,12,18,30H,10-11,13-14H2,(H2,28,32)/t18-/m0/s1. The zero-order valence-electron chi connectivity index (χ0n) is 19.4. The van der Waals surface area contributed by atoms with Crippen molar-refractivity contribution in [3.8, 4) is 16.9 Å². The summed E-state index contributed by atoms with van der Waals surface area (Å²) in [6, 6.07) is 14.7. The molecule has 1 atom stereocenters. The van der Waals surface area contributed by atoms with Crippen molar-refractivity contribution in [2.75, 3.05) is 26.3 Å². The summed E-state index contributed by atoms with van der Waals surface area (Å²) >= 11 is 6.09. The van der Waals surface area contributed by atoms with Gasteiger partial charge < -0.3 is 20.2 Å². The Hall–Kier alpha value is -3.51. The number of hydrogen-bond donors (Lipinski definition) is 2. The molecule has 9 nitrogen and oxygen atoms in total. The molecule has 1 aliphatic rings. The van der Waals surface area contributed by atoms with Crippen LogP contribution in [0.1, 0.15) is 10.5 Å². The number of hydrogen-bond acceptors (Lipinski definition) is 6. The van der Waals surface area contributed by atoms with E-state index in [9.17, 15) is 17.6 Å². The number of aromatic nitrogens is 2. The van der Waals surface area contributed by atoms with Gasteiger partial charge in [-0.2, -0.15) is 8.70 Å². The van der Waals surface area contributed by atoms with E-state index in [0.717, 1.165) is 0 Å². The third-order valence-electron chi connectivity index (χ3n) is 6.02. The molecule has 0 bridgehead atoms. The smallest absolute Gasteiger partial charge is 0.266 e. The highest BCUT2D eigenvalue weighted by Gasteiger charge is 2.36. The van der Waals surface area contributed by atoms with Crippen LogP contribution >= 0.6 is 11.6 Å². The molecule has 3 N–H and O–H groups in total. The van der Waals surface area contributed by atoms with Crippen molar-refractivity contribution in [3.05, 3.63) is 77.5 Å². The summed E-state index contributed by atoms with van der Waals surface area (Å²) in [6.45, 7) is 0.318. The number of fused-ring (bicyclic) bond motifs is 1. The summed E-state index contributed by atoms with van der Waals surface area (Å²) in [4.78, 5) is 18.3. The third-order valence-corrected chi connectivity index (χ3v) is 8.21. The highest BCUT2D eigenvalue weighted by Crippen LogP contribution is 2.32. The van der Waals surface area contributed by atoms with Crippen molar-refractivity contribution >= 4 is 38.4 Å². The summed E-state index contributed by atoms with van der Waals surface area (Å²) in [5, 5.41) is 0.607. The molecule has 2 aromatic heterocycles. The van der Waals surface area contributed by atoms with Gasteiger partial charge in [0, 0.05) is 40.8 Å². The Bertz CT molecular complexity index is 1580. The van der Waals surface area contributed by atoms with Crippen LogP contribution in [-0.2, 0) is 14.8 Å². The summed E-state index contributed by atoms with van der Waals surface area (Å²) < 4.78 is 54.0. The van der Waals surface area contributed by atoms with Crippen LogP contribution in [0.15, 0.2) is 65.7 Å². The van der Waals surface area contributed by atoms with Crippen molar-refractivity contribution in [2.24, 2.45) is 5.73 Å². The van der Waals surface area contributed by atoms with E-state index >= 15 is 0 Å². The maximum atomic E-state index is 13.9. The van der Waals surface area contributed by atoms with Gasteiger partial charge in [0.05, 0.1) is 6.61 Å². The van der Waals surface area contributed by atoms with E-state index in [-0.39, 0.29) is 42.3 Å². The van der Waals surface area contributed by atoms with Crippen LogP contribution in [0.4, 0.5) is 4.39 Å². The number of pyridine rings is 1. The molecule has 1 aliphatic heterocycles. The number of nitrogens with two attached hydrogens (primary N) is 1. The first-order valence-electron chi connectivity index (χ1n) is 11.3. The zero-order valence-corrected chi connectivity index (χ0v) is 20.9. The van der Waals surface area contributed by atoms with Crippen molar-refractivity contribution < 1.29 is 27.1 Å². The van der Waals surface area contributed by atoms with Gasteiger partial charge >= 0.3 is 0 Å². The average molecular weight is 545 g/mol. The van der Waals surface area contributed by atoms with Crippen LogP contribution in [0.25, 0.3) is 22.0 Å². The second kappa shape index (κ2) is 10.1. The molecule has 0 radical (unpaired) electrons. The summed E-state index contributed by atoms with van der Waals surface area (Å²) in [5.41, 5.74) is 6.73. The number of halogens is 2. The minimum atomic E-state index is -4.13. The lowest BCUT2D eigenvalue weighted by Gasteiger charge is -2.32. The third kappa shape index (κ3) is 5.03. The molecule has 2 aromatic carbocycles. The lowest BCUT2D eigenvalue weighted by molar-refractivity contribution is -0.0249. The fraction of sp³-hybridized carbons (Fsp3) is 0.200. The van der Waals surface area contributed by atoms with Gasteiger partial charge in [0.2, 0.25) is 16.0 Å². The van der Waals surface area contributed by atoms with Crippen LogP contribution in [0.5, 0.6) is 5.75 Å². The number of nitrogens with one attached hydrogen (secondary N) is 1. The average Bonchev–Trinajstić information content (AvgIpc) is 3.28. The number of benzene rings is 2. The quantitative estimate of drug-likeness (QED) is 0.342. The second-order valence-corrected chi connectivity index (χ2v) is 10.7. The number of aromatic amines is 1. The van der Waals surface area contributed by atoms with E-state index in [0.29, 0.717) is 27.4 Å². The number of amides is 1. The van der Waals surface area contributed by atoms with Gasteiger partial charge in [0.15, 0.2) is 0 Å². The first-order valence-corrected chi connectivity index (χ1v) is 13.1. The van der Waals surface area contributed by atoms with Gasteiger partial charge in [-0.25, -0.2) is 13.4 Å². The van der Waals surface area contributed by atoms with Crippen LogP contribution in [0.3, 0.4) is 0 Å². The minimum Gasteiger partial charge on any atom is -0.491 e. The molecule has 1 amide bonds. The van der Waals surface area contributed by atoms with Crippen LogP contribution in [0, 0.1) is 5.95 Å². The Balaban J connectivity index is 1.32. The topological polar surface area (TPSA) is 128 Å². The Morgan fingerprint density at radius 1 is 1.24 bits per heavy atom. The van der Waals surface area contributed by atoms with Gasteiger partial charge in [-0.1, -0.05) is 23.7 Å². The molecule has 0 spiro atoms. The molecule has 0 saturated carbocycles. The highest BCUT2D eigenvalue weighted by molar-refractivity contribution is 7.89. The van der Waals surface area contributed by atoms with Crippen molar-refractivity contribution in [2.45, 2.75) is 11.0 Å². The van der Waals surface area contributed by atoms with Crippen molar-refractivity contribution in [3.63, 3.8) is 0 Å². The lowest BCUT2D eigenvalue weighted by atomic mass is 10.1. The SMILES string of the molecule is NC(=O)c1[nH]c2ccc(Cl)cc2c1S(=O)(=O)N1CCO[C@H](COc2ccc(-c3cccnc3F)cc2)C1. The molecule has 5 rings (SSSR count). The van der Waals surface area contributed by atoms with E-state index in [2.05, 4.69) is 9.97 Å². The van der Waals surface area contributed by atoms with Gasteiger partial charge in [0.25, 0.3) is 5.91 Å². The molecular formula is C25H22ClFN4O5S. The van der Waals surface area contributed by atoms with E-state index in [1.165, 1.54) is 16.6 Å². The van der Waals surface area contributed by atoms with Gasteiger partial charge in [0.1, 0.15) is 29.0 Å². The van der Waals surface area contributed by atoms with E-state index < -0.39 is 28.0 Å². The molecule has 1 fully saturated rings. The first-order chi connectivity index (χ1) is 17.7. The maximum Gasteiger partial charge on any atom is 0.266 e. The number of rotatable bonds is 7. The summed E-state index contributed by atoms with van der Waals surface area (Å²) in [7, 11) is -4.13. The fourth-order valence-corrected chi connectivity index (χ4v) is 6.21. The van der Waals surface area contributed by atoms with E-state index in [1.807, 2.05) is 0 Å². The Kier molecular flexibility index (Phi) is 6.86. The second-order valence-electron chi connectivity index (χ2n) is 8.42. The number of morpholine rings is 1. The van der Waals surface area contributed by atoms with Crippen molar-refractivity contribution in [1.82, 2.24) is 14.3 Å². The normalized spacial score (nSPS) is 16.6. The number of ether oxygens (including phenoxy) is 2. The number of H-pyrrole nitrogens is 1. The van der Waals surface area contributed by atoms with Crippen LogP contribution < -0.4 is 10.5 Å². The van der Waals surface area contributed by atoms with Crippen LogP contribution in [0.2, 0.25) is 5.02 Å². The predicted octanol–water partition coefficient (Wildman–Crippen LogP) is 3.59. The maximum absolute atomic E-state index is 13.9. The molecular weight excluding hydrogens is 523 g/mol. The predicted molar refractivity (Wildman–Crippen MR) is 135 cm³/mol. The number of carbonyl (C=O) groups is 1. The molecule has 0 aliphatic carbocycles. The number of sulfonamides is 1. The minimum absolute atomic E-state index is 0.00670. The molecule has 37 heavy (non-hydrogen) atoms. The molecule has 0 unspecified atom stereocenters. The van der Waals surface area contributed by atoms with Gasteiger partial charge in [-0.3, -0.25) is 4.79 Å². The molecule has 12 heteroatoms. The van der Waals surface area contributed by atoms with E-state index in [1.54, 1.807) is 48.5 Å². The fourth-order valence-electron chi connectivity index (χ4n) is 4.24. The molecule has 4 aromatic rings. The number of nitrogens with zero attached hydrogens (tertiary/aromatic N) is 2. The number of carbonyl (C=O) groups excluding carboxylic acids is 1.